The predicted molar refractivity (Wildman–Crippen MR) is 78.9 cm³/mol. The molecule has 3 N–H and O–H groups in total. The lowest BCUT2D eigenvalue weighted by Crippen LogP contribution is -2.24. The summed E-state index contributed by atoms with van der Waals surface area (Å²) in [5.41, 5.74) is 8.45. The van der Waals surface area contributed by atoms with Gasteiger partial charge in [0.05, 0.1) is 30.6 Å². The minimum atomic E-state index is -3.24. The summed E-state index contributed by atoms with van der Waals surface area (Å²) in [6.45, 7) is 0.600. The Hall–Kier alpha value is -1.71. The van der Waals surface area contributed by atoms with E-state index in [4.69, 9.17) is 5.73 Å². The van der Waals surface area contributed by atoms with E-state index in [-0.39, 0.29) is 6.42 Å². The van der Waals surface area contributed by atoms with Gasteiger partial charge in [0.25, 0.3) is 0 Å². The molecule has 0 fully saturated rings. The molecule has 2 aromatic heterocycles. The topological polar surface area (TPSA) is 109 Å². The molecule has 0 radical (unpaired) electrons. The number of nitrogens with zero attached hydrogens (tertiary/aromatic N) is 2. The maximum Gasteiger partial charge on any atom is 0.222 e. The number of rotatable bonds is 4. The number of primary amides is 1. The summed E-state index contributed by atoms with van der Waals surface area (Å²) in [5, 5.41) is 9.04. The van der Waals surface area contributed by atoms with Gasteiger partial charge in [0, 0.05) is 22.5 Å². The van der Waals surface area contributed by atoms with Crippen molar-refractivity contribution in [3.05, 3.63) is 27.6 Å². The maximum atomic E-state index is 11.6. The number of aromatic amines is 1. The fourth-order valence-electron chi connectivity index (χ4n) is 2.42. The van der Waals surface area contributed by atoms with Crippen LogP contribution in [-0.2, 0) is 34.3 Å². The third-order valence-electron chi connectivity index (χ3n) is 3.43. The second-order valence-corrected chi connectivity index (χ2v) is 7.94. The lowest BCUT2D eigenvalue weighted by Gasteiger charge is -2.11. The molecule has 3 rings (SSSR count). The van der Waals surface area contributed by atoms with Crippen LogP contribution in [0.3, 0.4) is 0 Å². The highest BCUT2D eigenvalue weighted by atomic mass is 32.2. The Bertz CT molecular complexity index is 806. The molecule has 1 aliphatic heterocycles. The van der Waals surface area contributed by atoms with Gasteiger partial charge in [-0.05, 0) is 11.4 Å². The first-order chi connectivity index (χ1) is 9.86. The van der Waals surface area contributed by atoms with Gasteiger partial charge in [-0.25, -0.2) is 8.42 Å². The lowest BCUT2D eigenvalue weighted by atomic mass is 10.1. The number of hydrogen-bond acceptors (Lipinski definition) is 5. The van der Waals surface area contributed by atoms with E-state index in [0.717, 1.165) is 21.7 Å². The lowest BCUT2D eigenvalue weighted by molar-refractivity contribution is -0.117. The Kier molecular flexibility index (Phi) is 3.34. The minimum Gasteiger partial charge on any atom is -0.369 e. The Morgan fingerprint density at radius 2 is 2.29 bits per heavy atom. The van der Waals surface area contributed by atoms with Gasteiger partial charge in [-0.1, -0.05) is 0 Å². The molecule has 0 saturated carbocycles. The van der Waals surface area contributed by atoms with Gasteiger partial charge in [0.2, 0.25) is 15.9 Å². The molecule has 7 nitrogen and oxygen atoms in total. The molecule has 0 aromatic carbocycles. The number of sulfonamides is 1. The zero-order valence-corrected chi connectivity index (χ0v) is 12.9. The number of nitrogens with one attached hydrogen (secondary N) is 1. The maximum absolute atomic E-state index is 11.6. The fourth-order valence-corrected chi connectivity index (χ4v) is 4.03. The van der Waals surface area contributed by atoms with Crippen LogP contribution < -0.4 is 5.73 Å². The van der Waals surface area contributed by atoms with Crippen LogP contribution in [0.4, 0.5) is 0 Å². The zero-order chi connectivity index (χ0) is 15.2. The van der Waals surface area contributed by atoms with E-state index >= 15 is 0 Å². The van der Waals surface area contributed by atoms with Gasteiger partial charge < -0.3 is 5.73 Å². The first kappa shape index (κ1) is 14.2. The number of carbonyl (C=O) groups is 1. The molecule has 0 saturated heterocycles. The molecular formula is C12H14N4O3S2. The van der Waals surface area contributed by atoms with Gasteiger partial charge in [-0.15, -0.1) is 11.3 Å². The Labute approximate surface area is 125 Å². The first-order valence-electron chi connectivity index (χ1n) is 6.22. The van der Waals surface area contributed by atoms with Crippen molar-refractivity contribution in [2.24, 2.45) is 5.73 Å². The SMILES string of the molecule is CS(=O)(=O)N1Cc2[nH]nc(-c3ccsc3CC(N)=O)c2C1. The van der Waals surface area contributed by atoms with Crippen LogP contribution in [0.25, 0.3) is 11.3 Å². The first-order valence-corrected chi connectivity index (χ1v) is 8.95. The van der Waals surface area contributed by atoms with E-state index < -0.39 is 15.9 Å². The van der Waals surface area contributed by atoms with Crippen molar-refractivity contribution in [3.8, 4) is 11.3 Å². The fraction of sp³-hybridized carbons (Fsp3) is 0.333. The molecule has 0 unspecified atom stereocenters. The zero-order valence-electron chi connectivity index (χ0n) is 11.3. The highest BCUT2D eigenvalue weighted by Gasteiger charge is 2.31. The van der Waals surface area contributed by atoms with E-state index in [1.54, 1.807) is 0 Å². The Morgan fingerprint density at radius 3 is 2.95 bits per heavy atom. The van der Waals surface area contributed by atoms with Crippen LogP contribution in [0.2, 0.25) is 0 Å². The van der Waals surface area contributed by atoms with E-state index in [1.165, 1.54) is 21.9 Å². The minimum absolute atomic E-state index is 0.157. The number of carbonyl (C=O) groups excluding carboxylic acids is 1. The van der Waals surface area contributed by atoms with E-state index in [1.807, 2.05) is 11.4 Å². The summed E-state index contributed by atoms with van der Waals surface area (Å²) in [5.74, 6) is -0.399. The van der Waals surface area contributed by atoms with E-state index in [2.05, 4.69) is 10.2 Å². The van der Waals surface area contributed by atoms with Gasteiger partial charge in [0.15, 0.2) is 0 Å². The molecule has 0 atom stereocenters. The molecule has 21 heavy (non-hydrogen) atoms. The van der Waals surface area contributed by atoms with Crippen LogP contribution in [0.1, 0.15) is 16.1 Å². The highest BCUT2D eigenvalue weighted by Crippen LogP contribution is 2.35. The van der Waals surface area contributed by atoms with Crippen LogP contribution in [0.15, 0.2) is 11.4 Å². The normalized spacial score (nSPS) is 15.3. The Morgan fingerprint density at radius 1 is 1.52 bits per heavy atom. The molecule has 3 heterocycles. The summed E-state index contributed by atoms with van der Waals surface area (Å²) in [6.07, 6.45) is 1.35. The summed E-state index contributed by atoms with van der Waals surface area (Å²) < 4.78 is 24.7. The number of hydrogen-bond donors (Lipinski definition) is 2. The number of H-pyrrole nitrogens is 1. The van der Waals surface area contributed by atoms with Crippen molar-refractivity contribution in [1.29, 1.82) is 0 Å². The second kappa shape index (κ2) is 4.93. The number of nitrogens with two attached hydrogens (primary N) is 1. The van der Waals surface area contributed by atoms with Crippen LogP contribution >= 0.6 is 11.3 Å². The van der Waals surface area contributed by atoms with Crippen molar-refractivity contribution in [3.63, 3.8) is 0 Å². The number of fused-ring (bicyclic) bond motifs is 1. The van der Waals surface area contributed by atoms with E-state index in [9.17, 15) is 13.2 Å². The average Bonchev–Trinajstić information content (AvgIpc) is 3.00. The smallest absolute Gasteiger partial charge is 0.222 e. The third kappa shape index (κ3) is 2.59. The summed E-state index contributed by atoms with van der Waals surface area (Å²) in [4.78, 5) is 12.0. The monoisotopic (exact) mass is 326 g/mol. The van der Waals surface area contributed by atoms with Gasteiger partial charge in [0.1, 0.15) is 0 Å². The average molecular weight is 326 g/mol. The van der Waals surface area contributed by atoms with Gasteiger partial charge >= 0.3 is 0 Å². The molecule has 0 spiro atoms. The number of thiophene rings is 1. The summed E-state index contributed by atoms with van der Waals surface area (Å²) in [7, 11) is -3.24. The summed E-state index contributed by atoms with van der Waals surface area (Å²) in [6, 6.07) is 1.88. The molecule has 9 heteroatoms. The van der Waals surface area contributed by atoms with Crippen molar-refractivity contribution in [2.75, 3.05) is 6.26 Å². The van der Waals surface area contributed by atoms with Crippen molar-refractivity contribution < 1.29 is 13.2 Å². The van der Waals surface area contributed by atoms with Gasteiger partial charge in [-0.2, -0.15) is 9.40 Å². The van der Waals surface area contributed by atoms with Crippen LogP contribution in [0.5, 0.6) is 0 Å². The molecule has 1 amide bonds. The standard InChI is InChI=1S/C12H14N4O3S2/c1-21(18,19)16-5-8-9(6-16)14-15-12(8)7-2-3-20-10(7)4-11(13)17/h2-3H,4-6H2,1H3,(H2,13,17)(H,14,15). The van der Waals surface area contributed by atoms with Crippen molar-refractivity contribution >= 4 is 27.3 Å². The Balaban J connectivity index is 1.98. The predicted octanol–water partition coefficient (Wildman–Crippen LogP) is 0.441. The third-order valence-corrected chi connectivity index (χ3v) is 5.54. The molecule has 0 bridgehead atoms. The molecular weight excluding hydrogens is 312 g/mol. The van der Waals surface area contributed by atoms with E-state index in [0.29, 0.717) is 18.8 Å². The molecule has 2 aromatic rings. The largest absolute Gasteiger partial charge is 0.369 e. The van der Waals surface area contributed by atoms with Crippen LogP contribution in [0, 0.1) is 0 Å². The van der Waals surface area contributed by atoms with Crippen LogP contribution in [-0.4, -0.2) is 35.1 Å². The number of amides is 1. The van der Waals surface area contributed by atoms with Crippen molar-refractivity contribution in [1.82, 2.24) is 14.5 Å². The van der Waals surface area contributed by atoms with Gasteiger partial charge in [-0.3, -0.25) is 9.89 Å². The molecule has 0 aliphatic carbocycles. The summed E-state index contributed by atoms with van der Waals surface area (Å²) >= 11 is 1.44. The second-order valence-electron chi connectivity index (χ2n) is 4.96. The number of aromatic nitrogens is 2. The molecule has 1 aliphatic rings. The quantitative estimate of drug-likeness (QED) is 0.849. The van der Waals surface area contributed by atoms with Crippen molar-refractivity contribution in [2.45, 2.75) is 19.5 Å². The highest BCUT2D eigenvalue weighted by molar-refractivity contribution is 7.88. The molecule has 112 valence electrons.